The van der Waals surface area contributed by atoms with E-state index in [-0.39, 0.29) is 17.6 Å². The number of carbonyl (C=O) groups is 2. The third-order valence-corrected chi connectivity index (χ3v) is 6.42. The zero-order valence-corrected chi connectivity index (χ0v) is 16.8. The Balaban J connectivity index is 1.26. The minimum absolute atomic E-state index is 0.0455. The molecule has 1 aliphatic heterocycles. The van der Waals surface area contributed by atoms with Gasteiger partial charge in [0.2, 0.25) is 0 Å². The van der Waals surface area contributed by atoms with Crippen molar-refractivity contribution in [2.24, 2.45) is 5.92 Å². The first-order chi connectivity index (χ1) is 14.7. The summed E-state index contributed by atoms with van der Waals surface area (Å²) in [5.41, 5.74) is 2.17. The lowest BCUT2D eigenvalue weighted by molar-refractivity contribution is 0.0650. The smallest absolute Gasteiger partial charge is 0.253 e. The van der Waals surface area contributed by atoms with Crippen LogP contribution >= 0.6 is 11.3 Å². The van der Waals surface area contributed by atoms with E-state index >= 15 is 0 Å². The van der Waals surface area contributed by atoms with Crippen molar-refractivity contribution >= 4 is 33.2 Å². The minimum Gasteiger partial charge on any atom is -0.339 e. The first-order valence-electron chi connectivity index (χ1n) is 9.71. The average molecular weight is 418 g/mol. The Morgan fingerprint density at radius 1 is 1.03 bits per heavy atom. The van der Waals surface area contributed by atoms with Crippen molar-refractivity contribution in [2.75, 3.05) is 13.1 Å². The summed E-state index contributed by atoms with van der Waals surface area (Å²) in [4.78, 5) is 32.2. The minimum atomic E-state index is -0.0952. The molecule has 4 aromatic rings. The third-order valence-electron chi connectivity index (χ3n) is 5.36. The number of thiazole rings is 1. The first-order valence-corrected chi connectivity index (χ1v) is 10.5. The second-order valence-electron chi connectivity index (χ2n) is 7.22. The molecule has 30 heavy (non-hydrogen) atoms. The molecule has 1 amide bonds. The predicted molar refractivity (Wildman–Crippen MR) is 112 cm³/mol. The molecule has 3 heterocycles. The van der Waals surface area contributed by atoms with Gasteiger partial charge in [-0.2, -0.15) is 0 Å². The van der Waals surface area contributed by atoms with E-state index in [0.717, 1.165) is 15.9 Å². The number of hydrogen-bond acceptors (Lipinski definition) is 7. The van der Waals surface area contributed by atoms with Gasteiger partial charge in [0.1, 0.15) is 6.33 Å². The van der Waals surface area contributed by atoms with Gasteiger partial charge in [-0.1, -0.05) is 18.2 Å². The fourth-order valence-electron chi connectivity index (χ4n) is 3.74. The Morgan fingerprint density at radius 2 is 1.87 bits per heavy atom. The summed E-state index contributed by atoms with van der Waals surface area (Å²) in [7, 11) is 0. The molecule has 1 aliphatic rings. The quantitative estimate of drug-likeness (QED) is 0.473. The van der Waals surface area contributed by atoms with E-state index in [2.05, 4.69) is 20.5 Å². The number of fused-ring (bicyclic) bond motifs is 1. The zero-order valence-electron chi connectivity index (χ0n) is 16.0. The summed E-state index contributed by atoms with van der Waals surface area (Å²) < 4.78 is 2.54. The van der Waals surface area contributed by atoms with Crippen LogP contribution < -0.4 is 0 Å². The highest BCUT2D eigenvalue weighted by molar-refractivity contribution is 7.20. The number of Topliss-reactive ketones (excluding diaryl/α,β-unsaturated/α-hetero) is 1. The number of amides is 1. The molecule has 0 aliphatic carbocycles. The van der Waals surface area contributed by atoms with Crippen LogP contribution in [0.15, 0.2) is 54.9 Å². The van der Waals surface area contributed by atoms with Crippen LogP contribution in [0.2, 0.25) is 0 Å². The number of piperidine rings is 1. The molecule has 0 bridgehead atoms. The molecule has 9 heteroatoms. The molecule has 150 valence electrons. The highest BCUT2D eigenvalue weighted by Gasteiger charge is 2.30. The number of para-hydroxylation sites is 1. The fraction of sp³-hybridized carbons (Fsp3) is 0.238. The van der Waals surface area contributed by atoms with Crippen molar-refractivity contribution in [2.45, 2.75) is 12.8 Å². The Labute approximate surface area is 176 Å². The van der Waals surface area contributed by atoms with E-state index in [4.69, 9.17) is 0 Å². The summed E-state index contributed by atoms with van der Waals surface area (Å²) in [5, 5.41) is 11.7. The van der Waals surface area contributed by atoms with E-state index in [1.165, 1.54) is 22.3 Å². The van der Waals surface area contributed by atoms with E-state index in [9.17, 15) is 9.59 Å². The molecule has 2 aromatic carbocycles. The van der Waals surface area contributed by atoms with Gasteiger partial charge in [-0.05, 0) is 53.6 Å². The van der Waals surface area contributed by atoms with Gasteiger partial charge in [-0.15, -0.1) is 16.4 Å². The molecule has 1 saturated heterocycles. The van der Waals surface area contributed by atoms with Gasteiger partial charge >= 0.3 is 0 Å². The highest BCUT2D eigenvalue weighted by atomic mass is 32.1. The topological polar surface area (TPSA) is 93.9 Å². The number of hydrogen-bond donors (Lipinski definition) is 0. The van der Waals surface area contributed by atoms with Crippen molar-refractivity contribution in [1.82, 2.24) is 30.1 Å². The number of tetrazole rings is 1. The number of ketones is 1. The van der Waals surface area contributed by atoms with Crippen LogP contribution in [0.5, 0.6) is 0 Å². The summed E-state index contributed by atoms with van der Waals surface area (Å²) in [6.07, 6.45) is 2.78. The number of benzene rings is 2. The van der Waals surface area contributed by atoms with E-state index < -0.39 is 0 Å². The van der Waals surface area contributed by atoms with Crippen LogP contribution in [-0.4, -0.2) is 54.9 Å². The third kappa shape index (κ3) is 3.48. The molecule has 0 N–H and O–H groups in total. The average Bonchev–Trinajstić information content (AvgIpc) is 3.48. The number of carbonyl (C=O) groups excluding carboxylic acids is 2. The Bertz CT molecular complexity index is 1180. The van der Waals surface area contributed by atoms with Crippen LogP contribution in [0.4, 0.5) is 0 Å². The number of aromatic nitrogens is 5. The van der Waals surface area contributed by atoms with Gasteiger partial charge in [0.15, 0.2) is 10.8 Å². The van der Waals surface area contributed by atoms with Gasteiger partial charge < -0.3 is 4.90 Å². The maximum absolute atomic E-state index is 13.0. The van der Waals surface area contributed by atoms with Crippen molar-refractivity contribution in [1.29, 1.82) is 0 Å². The molecule has 1 fully saturated rings. The summed E-state index contributed by atoms with van der Waals surface area (Å²) in [5.74, 6) is -0.0537. The largest absolute Gasteiger partial charge is 0.339 e. The van der Waals surface area contributed by atoms with Crippen LogP contribution in [0.25, 0.3) is 15.9 Å². The van der Waals surface area contributed by atoms with Crippen LogP contribution in [-0.2, 0) is 0 Å². The lowest BCUT2D eigenvalue weighted by atomic mass is 9.92. The maximum atomic E-state index is 13.0. The molecular weight excluding hydrogens is 400 g/mol. The van der Waals surface area contributed by atoms with Crippen LogP contribution in [0.3, 0.4) is 0 Å². The van der Waals surface area contributed by atoms with Crippen molar-refractivity contribution in [3.05, 3.63) is 65.4 Å². The van der Waals surface area contributed by atoms with Crippen molar-refractivity contribution in [3.8, 4) is 5.69 Å². The van der Waals surface area contributed by atoms with Gasteiger partial charge in [0.25, 0.3) is 5.91 Å². The van der Waals surface area contributed by atoms with E-state index in [1.807, 2.05) is 36.4 Å². The highest BCUT2D eigenvalue weighted by Crippen LogP contribution is 2.28. The number of nitrogens with zero attached hydrogens (tertiary/aromatic N) is 6. The normalized spacial score (nSPS) is 14.9. The van der Waals surface area contributed by atoms with Crippen molar-refractivity contribution in [3.63, 3.8) is 0 Å². The number of rotatable bonds is 4. The molecule has 0 atom stereocenters. The molecule has 0 unspecified atom stereocenters. The fourth-order valence-corrected chi connectivity index (χ4v) is 4.73. The van der Waals surface area contributed by atoms with Gasteiger partial charge in [-0.3, -0.25) is 9.59 Å². The SMILES string of the molecule is O=C(c1nc2ccccc2s1)C1CCN(C(=O)c2cccc(-n3cnnn3)c2)CC1. The molecule has 0 radical (unpaired) electrons. The second kappa shape index (κ2) is 7.75. The molecule has 5 rings (SSSR count). The molecule has 8 nitrogen and oxygen atoms in total. The number of likely N-dealkylation sites (tertiary alicyclic amines) is 1. The molecule has 0 spiro atoms. The van der Waals surface area contributed by atoms with E-state index in [1.54, 1.807) is 17.0 Å². The standard InChI is InChI=1S/C21H18N6O2S/c28-19(20-23-17-6-1-2-7-18(17)30-20)14-8-10-26(11-9-14)21(29)15-4-3-5-16(12-15)27-13-22-24-25-27/h1-7,12-14H,8-11H2. The van der Waals surface area contributed by atoms with Crippen LogP contribution in [0.1, 0.15) is 33.0 Å². The van der Waals surface area contributed by atoms with E-state index in [0.29, 0.717) is 36.5 Å². The Morgan fingerprint density at radius 3 is 2.63 bits per heavy atom. The zero-order chi connectivity index (χ0) is 20.5. The molecule has 0 saturated carbocycles. The molecule has 2 aromatic heterocycles. The monoisotopic (exact) mass is 418 g/mol. The lowest BCUT2D eigenvalue weighted by Crippen LogP contribution is -2.40. The maximum Gasteiger partial charge on any atom is 0.253 e. The first kappa shape index (κ1) is 18.6. The predicted octanol–water partition coefficient (Wildman–Crippen LogP) is 3.01. The Hall–Kier alpha value is -3.46. The lowest BCUT2D eigenvalue weighted by Gasteiger charge is -2.31. The summed E-state index contributed by atoms with van der Waals surface area (Å²) in [6, 6.07) is 15.0. The molecular formula is C21H18N6O2S. The summed E-state index contributed by atoms with van der Waals surface area (Å²) in [6.45, 7) is 1.10. The van der Waals surface area contributed by atoms with Gasteiger partial charge in [0.05, 0.1) is 15.9 Å². The summed E-state index contributed by atoms with van der Waals surface area (Å²) >= 11 is 1.44. The van der Waals surface area contributed by atoms with Gasteiger partial charge in [-0.25, -0.2) is 9.67 Å². The Kier molecular flexibility index (Phi) is 4.80. The van der Waals surface area contributed by atoms with Gasteiger partial charge in [0, 0.05) is 24.6 Å². The van der Waals surface area contributed by atoms with Crippen molar-refractivity contribution < 1.29 is 9.59 Å². The van der Waals surface area contributed by atoms with Crippen LogP contribution in [0, 0.1) is 5.92 Å². The second-order valence-corrected chi connectivity index (χ2v) is 8.25.